The van der Waals surface area contributed by atoms with Crippen LogP contribution in [0.25, 0.3) is 10.2 Å². The Morgan fingerprint density at radius 2 is 2.09 bits per heavy atom. The predicted octanol–water partition coefficient (Wildman–Crippen LogP) is 3.40. The largest absolute Gasteiger partial charge is 0.347 e. The maximum absolute atomic E-state index is 12.5. The van der Waals surface area contributed by atoms with Crippen LogP contribution in [-0.4, -0.2) is 42.0 Å². The van der Waals surface area contributed by atoms with Crippen LogP contribution in [0, 0.1) is 5.92 Å². The Morgan fingerprint density at radius 1 is 1.27 bits per heavy atom. The standard InChI is InChI=1S/C16H18ClN3OS/c17-12-3-4-13-14(9-12)22-16(18-13)20-8-5-11(10-20)15(21)19-6-1-2-7-19/h3-4,9,11H,1-2,5-8,10H2. The molecule has 1 aromatic heterocycles. The van der Waals surface area contributed by atoms with Gasteiger partial charge in [-0.1, -0.05) is 22.9 Å². The topological polar surface area (TPSA) is 36.4 Å². The van der Waals surface area contributed by atoms with Crippen molar-refractivity contribution in [1.29, 1.82) is 0 Å². The van der Waals surface area contributed by atoms with E-state index in [1.54, 1.807) is 11.3 Å². The molecule has 0 aliphatic carbocycles. The van der Waals surface area contributed by atoms with Gasteiger partial charge in [-0.05, 0) is 37.5 Å². The number of rotatable bonds is 2. The van der Waals surface area contributed by atoms with Gasteiger partial charge in [0.05, 0.1) is 16.1 Å². The highest BCUT2D eigenvalue weighted by atomic mass is 35.5. The van der Waals surface area contributed by atoms with Gasteiger partial charge in [0.1, 0.15) is 0 Å². The highest BCUT2D eigenvalue weighted by Gasteiger charge is 2.33. The van der Waals surface area contributed by atoms with E-state index in [1.165, 1.54) is 0 Å². The fourth-order valence-corrected chi connectivity index (χ4v) is 4.63. The summed E-state index contributed by atoms with van der Waals surface area (Å²) in [6.45, 7) is 3.59. The minimum Gasteiger partial charge on any atom is -0.347 e. The molecule has 1 atom stereocenters. The number of halogens is 1. The van der Waals surface area contributed by atoms with E-state index in [-0.39, 0.29) is 5.92 Å². The number of benzene rings is 1. The number of amides is 1. The van der Waals surface area contributed by atoms with Crippen molar-refractivity contribution in [3.63, 3.8) is 0 Å². The Balaban J connectivity index is 1.50. The minimum atomic E-state index is 0.133. The zero-order valence-corrected chi connectivity index (χ0v) is 13.9. The third-order valence-corrected chi connectivity index (χ3v) is 5.88. The van der Waals surface area contributed by atoms with Gasteiger partial charge < -0.3 is 9.80 Å². The molecule has 2 fully saturated rings. The monoisotopic (exact) mass is 335 g/mol. The third-order valence-electron chi connectivity index (χ3n) is 4.56. The van der Waals surface area contributed by atoms with Crippen molar-refractivity contribution in [2.45, 2.75) is 19.3 Å². The highest BCUT2D eigenvalue weighted by molar-refractivity contribution is 7.22. The second-order valence-corrected chi connectivity index (χ2v) is 7.52. The van der Waals surface area contributed by atoms with Crippen molar-refractivity contribution >= 4 is 44.2 Å². The number of nitrogens with zero attached hydrogens (tertiary/aromatic N) is 3. The number of hydrogen-bond donors (Lipinski definition) is 0. The first-order valence-electron chi connectivity index (χ1n) is 7.80. The van der Waals surface area contributed by atoms with Gasteiger partial charge in [0.15, 0.2) is 5.13 Å². The fraction of sp³-hybridized carbons (Fsp3) is 0.500. The summed E-state index contributed by atoms with van der Waals surface area (Å²) in [6.07, 6.45) is 3.24. The molecule has 1 aromatic carbocycles. The summed E-state index contributed by atoms with van der Waals surface area (Å²) >= 11 is 7.70. The number of fused-ring (bicyclic) bond motifs is 1. The van der Waals surface area contributed by atoms with E-state index >= 15 is 0 Å². The van der Waals surface area contributed by atoms with Gasteiger partial charge in [0.2, 0.25) is 5.91 Å². The maximum Gasteiger partial charge on any atom is 0.227 e. The Labute approximate surface area is 138 Å². The molecular weight excluding hydrogens is 318 g/mol. The molecule has 116 valence electrons. The minimum absolute atomic E-state index is 0.133. The zero-order valence-electron chi connectivity index (χ0n) is 12.3. The summed E-state index contributed by atoms with van der Waals surface area (Å²) in [5.41, 5.74) is 0.985. The molecule has 0 radical (unpaired) electrons. The number of carbonyl (C=O) groups is 1. The van der Waals surface area contributed by atoms with Crippen LogP contribution in [0.2, 0.25) is 5.02 Å². The molecule has 6 heteroatoms. The molecule has 1 amide bonds. The zero-order chi connectivity index (χ0) is 15.1. The van der Waals surface area contributed by atoms with Gasteiger partial charge in [-0.2, -0.15) is 0 Å². The average Bonchev–Trinajstić information content (AvgIpc) is 3.25. The smallest absolute Gasteiger partial charge is 0.227 e. The van der Waals surface area contributed by atoms with Crippen molar-refractivity contribution in [1.82, 2.24) is 9.88 Å². The summed E-state index contributed by atoms with van der Waals surface area (Å²) in [5.74, 6) is 0.470. The number of aromatic nitrogens is 1. The van der Waals surface area contributed by atoms with Crippen LogP contribution in [0.15, 0.2) is 18.2 Å². The molecule has 0 bridgehead atoms. The van der Waals surface area contributed by atoms with E-state index in [0.29, 0.717) is 5.91 Å². The number of anilines is 1. The first kappa shape index (κ1) is 14.3. The first-order valence-corrected chi connectivity index (χ1v) is 9.00. The van der Waals surface area contributed by atoms with E-state index in [9.17, 15) is 4.79 Å². The molecule has 2 saturated heterocycles. The van der Waals surface area contributed by atoms with Crippen molar-refractivity contribution < 1.29 is 4.79 Å². The quantitative estimate of drug-likeness (QED) is 0.844. The molecule has 4 rings (SSSR count). The lowest BCUT2D eigenvalue weighted by Gasteiger charge is -2.20. The second-order valence-electron chi connectivity index (χ2n) is 6.07. The fourth-order valence-electron chi connectivity index (χ4n) is 3.35. The molecule has 2 aliphatic rings. The molecule has 0 spiro atoms. The predicted molar refractivity (Wildman–Crippen MR) is 90.8 cm³/mol. The van der Waals surface area contributed by atoms with E-state index in [1.807, 2.05) is 23.1 Å². The Kier molecular flexibility index (Phi) is 3.70. The van der Waals surface area contributed by atoms with Gasteiger partial charge in [-0.25, -0.2) is 4.98 Å². The number of thiazole rings is 1. The average molecular weight is 336 g/mol. The number of likely N-dealkylation sites (tertiary alicyclic amines) is 1. The maximum atomic E-state index is 12.5. The van der Waals surface area contributed by atoms with Gasteiger partial charge >= 0.3 is 0 Å². The lowest BCUT2D eigenvalue weighted by Crippen LogP contribution is -2.35. The van der Waals surface area contributed by atoms with Gasteiger partial charge in [0, 0.05) is 31.2 Å². The number of carbonyl (C=O) groups excluding carboxylic acids is 1. The molecule has 1 unspecified atom stereocenters. The molecule has 4 nitrogen and oxygen atoms in total. The van der Waals surface area contributed by atoms with E-state index < -0.39 is 0 Å². The molecule has 2 aliphatic heterocycles. The van der Waals surface area contributed by atoms with Crippen LogP contribution in [-0.2, 0) is 4.79 Å². The first-order chi connectivity index (χ1) is 10.7. The third kappa shape index (κ3) is 2.57. The van der Waals surface area contributed by atoms with Gasteiger partial charge in [-0.15, -0.1) is 0 Å². The van der Waals surface area contributed by atoms with Gasteiger partial charge in [-0.3, -0.25) is 4.79 Å². The lowest BCUT2D eigenvalue weighted by atomic mass is 10.1. The van der Waals surface area contributed by atoms with E-state index in [0.717, 1.165) is 65.8 Å². The molecule has 22 heavy (non-hydrogen) atoms. The van der Waals surface area contributed by atoms with Crippen LogP contribution >= 0.6 is 22.9 Å². The Hall–Kier alpha value is -1.33. The second kappa shape index (κ2) is 5.70. The van der Waals surface area contributed by atoms with Crippen molar-refractivity contribution in [3.05, 3.63) is 23.2 Å². The SMILES string of the molecule is O=C(C1CCN(c2nc3ccc(Cl)cc3s2)C1)N1CCCC1. The van der Waals surface area contributed by atoms with Gasteiger partial charge in [0.25, 0.3) is 0 Å². The Morgan fingerprint density at radius 3 is 2.91 bits per heavy atom. The molecule has 3 heterocycles. The summed E-state index contributed by atoms with van der Waals surface area (Å²) in [4.78, 5) is 21.5. The lowest BCUT2D eigenvalue weighted by molar-refractivity contribution is -0.133. The van der Waals surface area contributed by atoms with E-state index in [2.05, 4.69) is 9.88 Å². The molecule has 2 aromatic rings. The van der Waals surface area contributed by atoms with Crippen molar-refractivity contribution in [2.75, 3.05) is 31.1 Å². The Bertz CT molecular complexity index is 710. The van der Waals surface area contributed by atoms with Crippen LogP contribution in [0.1, 0.15) is 19.3 Å². The van der Waals surface area contributed by atoms with Crippen molar-refractivity contribution in [3.8, 4) is 0 Å². The highest BCUT2D eigenvalue weighted by Crippen LogP contribution is 2.34. The summed E-state index contributed by atoms with van der Waals surface area (Å²) in [7, 11) is 0. The molecule has 0 saturated carbocycles. The summed E-state index contributed by atoms with van der Waals surface area (Å²) in [5, 5.41) is 1.75. The van der Waals surface area contributed by atoms with E-state index in [4.69, 9.17) is 11.6 Å². The van der Waals surface area contributed by atoms with Crippen LogP contribution in [0.3, 0.4) is 0 Å². The normalized spacial score (nSPS) is 22.0. The molecular formula is C16H18ClN3OS. The molecule has 0 N–H and O–H groups in total. The summed E-state index contributed by atoms with van der Waals surface area (Å²) in [6, 6.07) is 5.79. The van der Waals surface area contributed by atoms with Crippen LogP contribution in [0.5, 0.6) is 0 Å². The van der Waals surface area contributed by atoms with Crippen LogP contribution in [0.4, 0.5) is 5.13 Å². The number of hydrogen-bond acceptors (Lipinski definition) is 4. The van der Waals surface area contributed by atoms with Crippen molar-refractivity contribution in [2.24, 2.45) is 5.92 Å². The van der Waals surface area contributed by atoms with Crippen LogP contribution < -0.4 is 4.90 Å². The summed E-state index contributed by atoms with van der Waals surface area (Å²) < 4.78 is 1.11.